The van der Waals surface area contributed by atoms with Gasteiger partial charge in [-0.2, -0.15) is 0 Å². The fraction of sp³-hybridized carbons (Fsp3) is 0.500. The lowest BCUT2D eigenvalue weighted by Gasteiger charge is -2.11. The van der Waals surface area contributed by atoms with E-state index in [0.29, 0.717) is 5.92 Å². The number of unbranched alkanes of at least 4 members (excludes halogenated alkanes) is 3. The van der Waals surface area contributed by atoms with E-state index in [-0.39, 0.29) is 0 Å². The third-order valence-electron chi connectivity index (χ3n) is 4.50. The highest BCUT2D eigenvalue weighted by molar-refractivity contribution is 5.47. The van der Waals surface area contributed by atoms with Crippen molar-refractivity contribution in [2.24, 2.45) is 5.92 Å². The summed E-state index contributed by atoms with van der Waals surface area (Å²) < 4.78 is 11.6. The van der Waals surface area contributed by atoms with Crippen molar-refractivity contribution in [2.75, 3.05) is 18.5 Å². The Bertz CT molecular complexity index is 620. The Kier molecular flexibility index (Phi) is 9.61. The van der Waals surface area contributed by atoms with E-state index in [1.54, 1.807) is 0 Å². The van der Waals surface area contributed by atoms with Gasteiger partial charge in [0, 0.05) is 12.2 Å². The first kappa shape index (κ1) is 21.1. The van der Waals surface area contributed by atoms with Crippen molar-refractivity contribution >= 4 is 5.69 Å². The van der Waals surface area contributed by atoms with Gasteiger partial charge < -0.3 is 14.8 Å². The van der Waals surface area contributed by atoms with Crippen molar-refractivity contribution in [3.05, 3.63) is 54.1 Å². The van der Waals surface area contributed by atoms with E-state index in [4.69, 9.17) is 9.47 Å². The third-order valence-corrected chi connectivity index (χ3v) is 4.50. The number of benzene rings is 2. The molecule has 27 heavy (non-hydrogen) atoms. The van der Waals surface area contributed by atoms with E-state index in [1.165, 1.54) is 24.8 Å². The summed E-state index contributed by atoms with van der Waals surface area (Å²) in [4.78, 5) is 0. The molecule has 0 bridgehead atoms. The average molecular weight is 370 g/mol. The first-order valence-corrected chi connectivity index (χ1v) is 10.4. The quantitative estimate of drug-likeness (QED) is 0.399. The normalized spacial score (nSPS) is 10.8. The smallest absolute Gasteiger partial charge is 0.119 e. The Morgan fingerprint density at radius 3 is 2.04 bits per heavy atom. The van der Waals surface area contributed by atoms with E-state index < -0.39 is 0 Å². The van der Waals surface area contributed by atoms with Gasteiger partial charge in [-0.3, -0.25) is 0 Å². The van der Waals surface area contributed by atoms with Crippen LogP contribution in [0, 0.1) is 5.92 Å². The van der Waals surface area contributed by atoms with Crippen molar-refractivity contribution in [3.8, 4) is 11.5 Å². The fourth-order valence-electron chi connectivity index (χ4n) is 2.71. The van der Waals surface area contributed by atoms with Crippen molar-refractivity contribution in [1.29, 1.82) is 0 Å². The minimum absolute atomic E-state index is 0.673. The molecule has 2 aromatic rings. The SMILES string of the molecule is CCCCCCOc1ccc(NCc2ccc(OCCC(C)C)cc2)cc1. The third kappa shape index (κ3) is 8.85. The van der Waals surface area contributed by atoms with Gasteiger partial charge in [-0.25, -0.2) is 0 Å². The van der Waals surface area contributed by atoms with E-state index in [9.17, 15) is 0 Å². The summed E-state index contributed by atoms with van der Waals surface area (Å²) in [6.07, 6.45) is 6.01. The van der Waals surface area contributed by atoms with E-state index in [0.717, 1.165) is 49.8 Å². The summed E-state index contributed by atoms with van der Waals surface area (Å²) in [7, 11) is 0. The van der Waals surface area contributed by atoms with E-state index >= 15 is 0 Å². The van der Waals surface area contributed by atoms with Crippen LogP contribution in [-0.2, 0) is 6.54 Å². The maximum atomic E-state index is 5.79. The first-order chi connectivity index (χ1) is 13.2. The molecule has 0 atom stereocenters. The molecular weight excluding hydrogens is 334 g/mol. The summed E-state index contributed by atoms with van der Waals surface area (Å²) in [5, 5.41) is 3.45. The van der Waals surface area contributed by atoms with Crippen LogP contribution in [-0.4, -0.2) is 13.2 Å². The molecule has 0 saturated carbocycles. The molecule has 1 N–H and O–H groups in total. The van der Waals surface area contributed by atoms with Crippen LogP contribution in [0.4, 0.5) is 5.69 Å². The predicted molar refractivity (Wildman–Crippen MR) is 115 cm³/mol. The highest BCUT2D eigenvalue weighted by atomic mass is 16.5. The molecule has 0 unspecified atom stereocenters. The van der Waals surface area contributed by atoms with Crippen molar-refractivity contribution < 1.29 is 9.47 Å². The predicted octanol–water partition coefficient (Wildman–Crippen LogP) is 6.68. The molecule has 0 aliphatic heterocycles. The Hall–Kier alpha value is -2.16. The van der Waals surface area contributed by atoms with Crippen LogP contribution in [0.25, 0.3) is 0 Å². The first-order valence-electron chi connectivity index (χ1n) is 10.4. The van der Waals surface area contributed by atoms with Gasteiger partial charge in [-0.05, 0) is 60.7 Å². The van der Waals surface area contributed by atoms with Crippen LogP contribution in [0.5, 0.6) is 11.5 Å². The summed E-state index contributed by atoms with van der Waals surface area (Å²) in [5.41, 5.74) is 2.34. The molecule has 2 rings (SSSR count). The van der Waals surface area contributed by atoms with Gasteiger partial charge in [0.05, 0.1) is 13.2 Å². The monoisotopic (exact) mass is 369 g/mol. The molecular formula is C24H35NO2. The standard InChI is InChI=1S/C24H35NO2/c1-4-5-6-7-17-26-24-14-10-22(11-15-24)25-19-21-8-12-23(13-9-21)27-18-16-20(2)3/h8-15,20,25H,4-7,16-19H2,1-3H3. The summed E-state index contributed by atoms with van der Waals surface area (Å²) in [6.45, 7) is 9.03. The molecule has 2 aromatic carbocycles. The largest absolute Gasteiger partial charge is 0.494 e. The minimum Gasteiger partial charge on any atom is -0.494 e. The number of nitrogens with one attached hydrogen (secondary N) is 1. The highest BCUT2D eigenvalue weighted by Crippen LogP contribution is 2.18. The molecule has 0 spiro atoms. The topological polar surface area (TPSA) is 30.5 Å². The zero-order chi connectivity index (χ0) is 19.3. The summed E-state index contributed by atoms with van der Waals surface area (Å²) >= 11 is 0. The van der Waals surface area contributed by atoms with Crippen molar-refractivity contribution in [3.63, 3.8) is 0 Å². The van der Waals surface area contributed by atoms with Crippen LogP contribution >= 0.6 is 0 Å². The van der Waals surface area contributed by atoms with Crippen molar-refractivity contribution in [1.82, 2.24) is 0 Å². The van der Waals surface area contributed by atoms with E-state index in [1.807, 2.05) is 24.3 Å². The maximum absolute atomic E-state index is 5.79. The lowest BCUT2D eigenvalue weighted by molar-refractivity contribution is 0.289. The molecule has 0 amide bonds. The Morgan fingerprint density at radius 2 is 1.41 bits per heavy atom. The Morgan fingerprint density at radius 1 is 0.778 bits per heavy atom. The number of ether oxygens (including phenoxy) is 2. The zero-order valence-corrected chi connectivity index (χ0v) is 17.2. The van der Waals surface area contributed by atoms with Gasteiger partial charge in [-0.15, -0.1) is 0 Å². The van der Waals surface area contributed by atoms with Gasteiger partial charge in [0.2, 0.25) is 0 Å². The second kappa shape index (κ2) is 12.3. The van der Waals surface area contributed by atoms with E-state index in [2.05, 4.69) is 50.4 Å². The molecule has 148 valence electrons. The summed E-state index contributed by atoms with van der Waals surface area (Å²) in [5.74, 6) is 2.56. The molecule has 0 aliphatic carbocycles. The maximum Gasteiger partial charge on any atom is 0.119 e. The molecule has 3 heteroatoms. The highest BCUT2D eigenvalue weighted by Gasteiger charge is 1.99. The van der Waals surface area contributed by atoms with Gasteiger partial charge in [0.15, 0.2) is 0 Å². The number of rotatable bonds is 13. The summed E-state index contributed by atoms with van der Waals surface area (Å²) in [6, 6.07) is 16.5. The Labute approximate surface area is 165 Å². The number of hydrogen-bond donors (Lipinski definition) is 1. The van der Waals surface area contributed by atoms with Crippen LogP contribution in [0.1, 0.15) is 58.4 Å². The van der Waals surface area contributed by atoms with Gasteiger partial charge in [-0.1, -0.05) is 52.2 Å². The van der Waals surface area contributed by atoms with Gasteiger partial charge in [0.25, 0.3) is 0 Å². The lowest BCUT2D eigenvalue weighted by Crippen LogP contribution is -2.02. The molecule has 3 nitrogen and oxygen atoms in total. The lowest BCUT2D eigenvalue weighted by atomic mass is 10.1. The second-order valence-electron chi connectivity index (χ2n) is 7.46. The zero-order valence-electron chi connectivity index (χ0n) is 17.2. The molecule has 0 radical (unpaired) electrons. The van der Waals surface area contributed by atoms with Crippen LogP contribution in [0.2, 0.25) is 0 Å². The van der Waals surface area contributed by atoms with Crippen LogP contribution in [0.3, 0.4) is 0 Å². The van der Waals surface area contributed by atoms with Crippen LogP contribution in [0.15, 0.2) is 48.5 Å². The second-order valence-corrected chi connectivity index (χ2v) is 7.46. The minimum atomic E-state index is 0.673. The van der Waals surface area contributed by atoms with Crippen LogP contribution < -0.4 is 14.8 Å². The van der Waals surface area contributed by atoms with Crippen molar-refractivity contribution in [2.45, 2.75) is 59.4 Å². The number of anilines is 1. The molecule has 0 fully saturated rings. The number of hydrogen-bond acceptors (Lipinski definition) is 3. The average Bonchev–Trinajstić information content (AvgIpc) is 2.68. The van der Waals surface area contributed by atoms with Gasteiger partial charge >= 0.3 is 0 Å². The molecule has 0 saturated heterocycles. The fourth-order valence-corrected chi connectivity index (χ4v) is 2.71. The van der Waals surface area contributed by atoms with Gasteiger partial charge in [0.1, 0.15) is 11.5 Å². The molecule has 0 heterocycles. The molecule has 0 aliphatic rings. The molecule has 0 aromatic heterocycles. The Balaban J connectivity index is 1.69.